The Hall–Kier alpha value is -3.84. The molecule has 2 aliphatic rings. The molecule has 4 rings (SSSR count). The summed E-state index contributed by atoms with van der Waals surface area (Å²) < 4.78 is 47.8. The van der Waals surface area contributed by atoms with Crippen LogP contribution in [0.15, 0.2) is 36.4 Å². The van der Waals surface area contributed by atoms with Gasteiger partial charge >= 0.3 is 12.2 Å². The first-order chi connectivity index (χ1) is 18.0. The van der Waals surface area contributed by atoms with E-state index in [0.717, 1.165) is 6.07 Å². The number of benzene rings is 2. The third kappa shape index (κ3) is 5.38. The predicted octanol–water partition coefficient (Wildman–Crippen LogP) is 4.08. The molecule has 0 bridgehead atoms. The fraction of sp³-hybridized carbons (Fsp3) is 0.333. The molecule has 1 spiro atoms. The topological polar surface area (TPSA) is 137 Å². The van der Waals surface area contributed by atoms with Crippen molar-refractivity contribution in [2.45, 2.75) is 37.3 Å². The minimum absolute atomic E-state index is 0.0506. The summed E-state index contributed by atoms with van der Waals surface area (Å²) in [5, 5.41) is 15.8. The average molecular weight is 555 g/mol. The van der Waals surface area contributed by atoms with Gasteiger partial charge in [0.25, 0.3) is 11.8 Å². The zero-order chi connectivity index (χ0) is 27.6. The molecule has 4 amide bonds. The van der Waals surface area contributed by atoms with Crippen LogP contribution in [0.5, 0.6) is 0 Å². The number of nitrogens with zero attached hydrogens (tertiary/aromatic N) is 1. The first-order valence-corrected chi connectivity index (χ1v) is 11.9. The SMILES string of the molecule is O=C(O)Nc1ccc(C(=O)N[C@@H](CC(F)F)C(=O)N2C(=O)O[C@]3(CCCNC3)c3c2ccc(Cl)c3F)cc1. The zero-order valence-electron chi connectivity index (χ0n) is 19.6. The van der Waals surface area contributed by atoms with Gasteiger partial charge < -0.3 is 20.5 Å². The lowest BCUT2D eigenvalue weighted by atomic mass is 9.83. The molecule has 0 aromatic heterocycles. The minimum Gasteiger partial charge on any atom is -0.465 e. The number of imide groups is 1. The number of alkyl halides is 2. The number of fused-ring (bicyclic) bond motifs is 2. The maximum atomic E-state index is 15.3. The largest absolute Gasteiger partial charge is 0.465 e. The lowest BCUT2D eigenvalue weighted by Crippen LogP contribution is -2.58. The lowest BCUT2D eigenvalue weighted by Gasteiger charge is -2.44. The van der Waals surface area contributed by atoms with E-state index in [0.29, 0.717) is 17.9 Å². The number of amides is 4. The Balaban J connectivity index is 1.66. The van der Waals surface area contributed by atoms with E-state index in [1.54, 1.807) is 0 Å². The Bertz CT molecular complexity index is 1270. The maximum Gasteiger partial charge on any atom is 0.422 e. The van der Waals surface area contributed by atoms with E-state index in [2.05, 4.69) is 16.0 Å². The van der Waals surface area contributed by atoms with Crippen LogP contribution < -0.4 is 20.9 Å². The summed E-state index contributed by atoms with van der Waals surface area (Å²) in [6.07, 6.45) is -5.97. The highest BCUT2D eigenvalue weighted by molar-refractivity contribution is 6.31. The summed E-state index contributed by atoms with van der Waals surface area (Å²) >= 11 is 5.99. The number of carbonyl (C=O) groups is 4. The van der Waals surface area contributed by atoms with Crippen molar-refractivity contribution in [3.8, 4) is 0 Å². The van der Waals surface area contributed by atoms with Gasteiger partial charge in [0, 0.05) is 24.2 Å². The quantitative estimate of drug-likeness (QED) is 0.422. The van der Waals surface area contributed by atoms with Gasteiger partial charge in [0.2, 0.25) is 6.43 Å². The number of carbonyl (C=O) groups excluding carboxylic acids is 3. The van der Waals surface area contributed by atoms with Gasteiger partial charge in [0.05, 0.1) is 16.3 Å². The summed E-state index contributed by atoms with van der Waals surface area (Å²) in [7, 11) is 0. The maximum absolute atomic E-state index is 15.3. The van der Waals surface area contributed by atoms with E-state index in [9.17, 15) is 28.0 Å². The molecular formula is C24H22ClF3N4O6. The molecular weight excluding hydrogens is 533 g/mol. The van der Waals surface area contributed by atoms with Crippen molar-refractivity contribution in [3.63, 3.8) is 0 Å². The van der Waals surface area contributed by atoms with Gasteiger partial charge in [-0.1, -0.05) is 11.6 Å². The van der Waals surface area contributed by atoms with Crippen LogP contribution in [0.2, 0.25) is 5.02 Å². The molecule has 0 saturated carbocycles. The number of halogens is 4. The molecule has 0 radical (unpaired) electrons. The van der Waals surface area contributed by atoms with Crippen molar-refractivity contribution in [2.75, 3.05) is 23.3 Å². The molecule has 0 unspecified atom stereocenters. The van der Waals surface area contributed by atoms with Crippen molar-refractivity contribution in [3.05, 3.63) is 58.4 Å². The molecule has 1 saturated heterocycles. The van der Waals surface area contributed by atoms with Crippen LogP contribution in [0.1, 0.15) is 35.2 Å². The van der Waals surface area contributed by atoms with Crippen LogP contribution in [0.4, 0.5) is 34.1 Å². The number of rotatable bonds is 6. The Morgan fingerprint density at radius 2 is 1.89 bits per heavy atom. The second-order valence-corrected chi connectivity index (χ2v) is 9.14. The second-order valence-electron chi connectivity index (χ2n) is 8.73. The molecule has 14 heteroatoms. The van der Waals surface area contributed by atoms with Crippen LogP contribution in [0.3, 0.4) is 0 Å². The van der Waals surface area contributed by atoms with E-state index >= 15 is 4.39 Å². The third-order valence-corrected chi connectivity index (χ3v) is 6.51. The molecule has 38 heavy (non-hydrogen) atoms. The number of ether oxygens (including phenoxy) is 1. The molecule has 2 aromatic rings. The highest BCUT2D eigenvalue weighted by atomic mass is 35.5. The van der Waals surface area contributed by atoms with Crippen molar-refractivity contribution < 1.29 is 42.2 Å². The summed E-state index contributed by atoms with van der Waals surface area (Å²) in [6, 6.07) is 5.41. The Morgan fingerprint density at radius 1 is 1.18 bits per heavy atom. The molecule has 1 fully saturated rings. The van der Waals surface area contributed by atoms with Crippen molar-refractivity contribution in [1.82, 2.24) is 10.6 Å². The summed E-state index contributed by atoms with van der Waals surface area (Å²) in [4.78, 5) is 50.5. The monoisotopic (exact) mass is 554 g/mol. The van der Waals surface area contributed by atoms with Crippen LogP contribution >= 0.6 is 11.6 Å². The van der Waals surface area contributed by atoms with Crippen LogP contribution in [0, 0.1) is 5.82 Å². The molecule has 2 aliphatic heterocycles. The number of piperidine rings is 1. The van der Waals surface area contributed by atoms with Gasteiger partial charge in [-0.25, -0.2) is 27.7 Å². The van der Waals surface area contributed by atoms with Gasteiger partial charge in [-0.15, -0.1) is 0 Å². The normalized spacial score (nSPS) is 19.5. The fourth-order valence-corrected chi connectivity index (χ4v) is 4.69. The number of hydrogen-bond acceptors (Lipinski definition) is 6. The molecule has 202 valence electrons. The van der Waals surface area contributed by atoms with E-state index < -0.39 is 54.3 Å². The van der Waals surface area contributed by atoms with Gasteiger partial charge in [0.15, 0.2) is 11.4 Å². The van der Waals surface area contributed by atoms with E-state index in [1.165, 1.54) is 30.3 Å². The summed E-state index contributed by atoms with van der Waals surface area (Å²) in [5.74, 6) is -3.11. The molecule has 4 N–H and O–H groups in total. The van der Waals surface area contributed by atoms with Crippen molar-refractivity contribution in [2.24, 2.45) is 0 Å². The Kier molecular flexibility index (Phi) is 7.78. The van der Waals surface area contributed by atoms with Gasteiger partial charge in [-0.3, -0.25) is 14.9 Å². The smallest absolute Gasteiger partial charge is 0.422 e. The highest BCUT2D eigenvalue weighted by Gasteiger charge is 2.51. The number of anilines is 2. The van der Waals surface area contributed by atoms with Gasteiger partial charge in [0.1, 0.15) is 6.04 Å². The summed E-state index contributed by atoms with van der Waals surface area (Å²) in [6.45, 7) is 0.643. The standard InChI is InChI=1S/C24H22ClF3N4O6/c25-14-6-7-16-18(19(14)28)24(8-1-9-29-11-24)38-23(37)32(16)21(34)15(10-17(26)27)31-20(33)12-2-4-13(5-3-12)30-22(35)36/h2-7,15,17,29-30H,1,8-11H2,(H,31,33)(H,35,36)/t15-,24-/m0/s1. The number of carboxylic acid groups (broad SMARTS) is 1. The molecule has 2 aromatic carbocycles. The molecule has 2 atom stereocenters. The van der Waals surface area contributed by atoms with E-state index in [1.807, 2.05) is 0 Å². The molecule has 2 heterocycles. The average Bonchev–Trinajstić information content (AvgIpc) is 2.85. The van der Waals surface area contributed by atoms with Crippen molar-refractivity contribution in [1.29, 1.82) is 0 Å². The fourth-order valence-electron chi connectivity index (χ4n) is 4.53. The van der Waals surface area contributed by atoms with E-state index in [-0.39, 0.29) is 40.5 Å². The second kappa shape index (κ2) is 10.9. The highest BCUT2D eigenvalue weighted by Crippen LogP contribution is 2.46. The first kappa shape index (κ1) is 27.2. The van der Waals surface area contributed by atoms with Gasteiger partial charge in [-0.2, -0.15) is 0 Å². The van der Waals surface area contributed by atoms with Crippen LogP contribution in [-0.4, -0.2) is 54.7 Å². The van der Waals surface area contributed by atoms with Crippen molar-refractivity contribution >= 4 is 47.0 Å². The third-order valence-electron chi connectivity index (χ3n) is 6.22. The van der Waals surface area contributed by atoms with E-state index in [4.69, 9.17) is 21.4 Å². The first-order valence-electron chi connectivity index (χ1n) is 11.5. The molecule has 10 nitrogen and oxygen atoms in total. The number of nitrogens with one attached hydrogen (secondary N) is 3. The van der Waals surface area contributed by atoms with Crippen LogP contribution in [0.25, 0.3) is 0 Å². The Morgan fingerprint density at radius 3 is 2.50 bits per heavy atom. The lowest BCUT2D eigenvalue weighted by molar-refractivity contribution is -0.122. The predicted molar refractivity (Wildman–Crippen MR) is 129 cm³/mol. The Labute approximate surface area is 219 Å². The minimum atomic E-state index is -3.05. The summed E-state index contributed by atoms with van der Waals surface area (Å²) in [5.41, 5.74) is -1.75. The van der Waals surface area contributed by atoms with Crippen LogP contribution in [-0.2, 0) is 15.1 Å². The molecule has 0 aliphatic carbocycles. The van der Waals surface area contributed by atoms with Gasteiger partial charge in [-0.05, 0) is 55.8 Å². The zero-order valence-corrected chi connectivity index (χ0v) is 20.4. The number of hydrogen-bond donors (Lipinski definition) is 4.